The lowest BCUT2D eigenvalue weighted by atomic mass is 10.2. The summed E-state index contributed by atoms with van der Waals surface area (Å²) in [7, 11) is 1.87. The van der Waals surface area contributed by atoms with Gasteiger partial charge in [-0.2, -0.15) is 5.10 Å². The van der Waals surface area contributed by atoms with Crippen molar-refractivity contribution in [2.24, 2.45) is 7.05 Å². The molecule has 0 aliphatic rings. The minimum atomic E-state index is -1.04. The van der Waals surface area contributed by atoms with E-state index in [0.29, 0.717) is 24.4 Å². The topological polar surface area (TPSA) is 80.3 Å². The number of aromatic carboxylic acids is 1. The maximum absolute atomic E-state index is 10.8. The minimum absolute atomic E-state index is 0.00679. The van der Waals surface area contributed by atoms with Crippen LogP contribution >= 0.6 is 0 Å². The highest BCUT2D eigenvalue weighted by Crippen LogP contribution is 2.14. The average molecular weight is 249 g/mol. The molecule has 0 amide bonds. The summed E-state index contributed by atoms with van der Waals surface area (Å²) < 4.78 is 7.02. The number of hydrogen-bond acceptors (Lipinski definition) is 4. The Labute approximate surface area is 104 Å². The van der Waals surface area contributed by atoms with E-state index in [0.717, 1.165) is 5.69 Å². The van der Waals surface area contributed by atoms with Crippen LogP contribution in [-0.4, -0.2) is 20.9 Å². The smallest absolute Gasteiger partial charge is 0.372 e. The van der Waals surface area contributed by atoms with Crippen molar-refractivity contribution in [2.45, 2.75) is 20.0 Å². The molecule has 2 aromatic rings. The maximum Gasteiger partial charge on any atom is 0.372 e. The van der Waals surface area contributed by atoms with Gasteiger partial charge in [-0.15, -0.1) is 0 Å². The van der Waals surface area contributed by atoms with Crippen LogP contribution < -0.4 is 5.32 Å². The first-order valence-corrected chi connectivity index (χ1v) is 5.58. The Hall–Kier alpha value is -2.08. The van der Waals surface area contributed by atoms with Gasteiger partial charge in [-0.25, -0.2) is 4.79 Å². The number of carbonyl (C=O) groups is 1. The van der Waals surface area contributed by atoms with Crippen molar-refractivity contribution >= 4 is 5.97 Å². The number of carboxylic acid groups (broad SMARTS) is 1. The van der Waals surface area contributed by atoms with E-state index in [2.05, 4.69) is 10.4 Å². The number of nitrogens with zero attached hydrogens (tertiary/aromatic N) is 2. The highest BCUT2D eigenvalue weighted by molar-refractivity contribution is 5.86. The predicted molar refractivity (Wildman–Crippen MR) is 64.2 cm³/mol. The fourth-order valence-corrected chi connectivity index (χ4v) is 1.74. The average Bonchev–Trinajstić information content (AvgIpc) is 2.86. The molecule has 18 heavy (non-hydrogen) atoms. The molecule has 6 nitrogen and oxygen atoms in total. The SMILES string of the molecule is Cc1cc(CNCc2ccnn2C)oc1C(=O)O. The van der Waals surface area contributed by atoms with Crippen molar-refractivity contribution < 1.29 is 14.3 Å². The third-order valence-electron chi connectivity index (χ3n) is 2.69. The number of aromatic nitrogens is 2. The molecule has 0 atom stereocenters. The van der Waals surface area contributed by atoms with Gasteiger partial charge in [0.15, 0.2) is 0 Å². The summed E-state index contributed by atoms with van der Waals surface area (Å²) in [5.74, 6) is -0.412. The molecule has 2 aromatic heterocycles. The largest absolute Gasteiger partial charge is 0.475 e. The highest BCUT2D eigenvalue weighted by Gasteiger charge is 2.13. The Morgan fingerprint density at radius 2 is 2.33 bits per heavy atom. The highest BCUT2D eigenvalue weighted by atomic mass is 16.4. The summed E-state index contributed by atoms with van der Waals surface area (Å²) in [6, 6.07) is 3.66. The van der Waals surface area contributed by atoms with Crippen LogP contribution in [0.1, 0.15) is 27.6 Å². The normalized spacial score (nSPS) is 10.8. The summed E-state index contributed by atoms with van der Waals surface area (Å²) in [6.07, 6.45) is 1.73. The van der Waals surface area contributed by atoms with E-state index in [4.69, 9.17) is 9.52 Å². The molecule has 0 aliphatic carbocycles. The first-order valence-electron chi connectivity index (χ1n) is 5.58. The molecular formula is C12H15N3O3. The van der Waals surface area contributed by atoms with Crippen LogP contribution in [-0.2, 0) is 20.1 Å². The van der Waals surface area contributed by atoms with E-state index >= 15 is 0 Å². The van der Waals surface area contributed by atoms with Crippen molar-refractivity contribution in [1.82, 2.24) is 15.1 Å². The van der Waals surface area contributed by atoms with Gasteiger partial charge in [0.1, 0.15) is 5.76 Å². The van der Waals surface area contributed by atoms with Crippen molar-refractivity contribution in [3.8, 4) is 0 Å². The molecule has 2 rings (SSSR count). The van der Waals surface area contributed by atoms with Crippen molar-refractivity contribution in [3.05, 3.63) is 41.1 Å². The molecule has 0 saturated carbocycles. The molecule has 0 saturated heterocycles. The van der Waals surface area contributed by atoms with E-state index < -0.39 is 5.97 Å². The number of rotatable bonds is 5. The first kappa shape index (κ1) is 12.4. The maximum atomic E-state index is 10.8. The van der Waals surface area contributed by atoms with Gasteiger partial charge in [-0.1, -0.05) is 0 Å². The number of nitrogens with one attached hydrogen (secondary N) is 1. The third-order valence-corrected chi connectivity index (χ3v) is 2.69. The Balaban J connectivity index is 1.93. The van der Waals surface area contributed by atoms with Crippen molar-refractivity contribution in [1.29, 1.82) is 0 Å². The Morgan fingerprint density at radius 1 is 1.56 bits per heavy atom. The van der Waals surface area contributed by atoms with E-state index in [1.54, 1.807) is 23.9 Å². The Bertz CT molecular complexity index is 557. The lowest BCUT2D eigenvalue weighted by Crippen LogP contribution is -2.14. The van der Waals surface area contributed by atoms with E-state index in [1.807, 2.05) is 13.1 Å². The molecule has 6 heteroatoms. The van der Waals surface area contributed by atoms with Crippen LogP contribution in [0, 0.1) is 6.92 Å². The van der Waals surface area contributed by atoms with Crippen LogP contribution in [0.15, 0.2) is 22.7 Å². The lowest BCUT2D eigenvalue weighted by molar-refractivity contribution is 0.0659. The van der Waals surface area contributed by atoms with Crippen LogP contribution in [0.3, 0.4) is 0 Å². The second kappa shape index (κ2) is 5.05. The van der Waals surface area contributed by atoms with Gasteiger partial charge < -0.3 is 14.8 Å². The third kappa shape index (κ3) is 2.60. The summed E-state index contributed by atoms with van der Waals surface area (Å²) in [5.41, 5.74) is 1.69. The molecule has 0 aliphatic heterocycles. The minimum Gasteiger partial charge on any atom is -0.475 e. The van der Waals surface area contributed by atoms with Crippen molar-refractivity contribution in [3.63, 3.8) is 0 Å². The fraction of sp³-hybridized carbons (Fsp3) is 0.333. The van der Waals surface area contributed by atoms with Gasteiger partial charge >= 0.3 is 5.97 Å². The Kier molecular flexibility index (Phi) is 3.47. The van der Waals surface area contributed by atoms with Gasteiger partial charge in [-0.05, 0) is 19.1 Å². The number of carboxylic acids is 1. The molecule has 0 fully saturated rings. The zero-order chi connectivity index (χ0) is 13.1. The van der Waals surface area contributed by atoms with Crippen LogP contribution in [0.2, 0.25) is 0 Å². The van der Waals surface area contributed by atoms with Gasteiger partial charge in [0.2, 0.25) is 5.76 Å². The molecule has 0 spiro atoms. The van der Waals surface area contributed by atoms with Gasteiger partial charge in [0.25, 0.3) is 0 Å². The van der Waals surface area contributed by atoms with E-state index in [9.17, 15) is 4.79 Å². The van der Waals surface area contributed by atoms with Crippen LogP contribution in [0.4, 0.5) is 0 Å². The molecule has 0 unspecified atom stereocenters. The molecule has 96 valence electrons. The Morgan fingerprint density at radius 3 is 2.89 bits per heavy atom. The fourth-order valence-electron chi connectivity index (χ4n) is 1.74. The summed E-state index contributed by atoms with van der Waals surface area (Å²) in [6.45, 7) is 2.86. The molecular weight excluding hydrogens is 234 g/mol. The van der Waals surface area contributed by atoms with Crippen molar-refractivity contribution in [2.75, 3.05) is 0 Å². The molecule has 2 heterocycles. The lowest BCUT2D eigenvalue weighted by Gasteiger charge is -2.02. The van der Waals surface area contributed by atoms with Crippen LogP contribution in [0.5, 0.6) is 0 Å². The number of aryl methyl sites for hydroxylation is 2. The monoisotopic (exact) mass is 249 g/mol. The summed E-state index contributed by atoms with van der Waals surface area (Å²) in [5, 5.41) is 16.1. The second-order valence-electron chi connectivity index (χ2n) is 4.08. The summed E-state index contributed by atoms with van der Waals surface area (Å²) >= 11 is 0. The predicted octanol–water partition coefficient (Wildman–Crippen LogP) is 1.31. The second-order valence-corrected chi connectivity index (χ2v) is 4.08. The molecule has 2 N–H and O–H groups in total. The van der Waals surface area contributed by atoms with E-state index in [-0.39, 0.29) is 5.76 Å². The first-order chi connectivity index (χ1) is 8.58. The molecule has 0 aromatic carbocycles. The van der Waals surface area contributed by atoms with Gasteiger partial charge in [0, 0.05) is 25.4 Å². The number of hydrogen-bond donors (Lipinski definition) is 2. The molecule has 0 radical (unpaired) electrons. The standard InChI is InChI=1S/C12H15N3O3/c1-8-5-10(18-11(8)12(16)17)7-13-6-9-3-4-14-15(9)2/h3-5,13H,6-7H2,1-2H3,(H,16,17). The molecule has 0 bridgehead atoms. The zero-order valence-electron chi connectivity index (χ0n) is 10.3. The summed E-state index contributed by atoms with van der Waals surface area (Å²) in [4.78, 5) is 10.8. The van der Waals surface area contributed by atoms with E-state index in [1.165, 1.54) is 0 Å². The zero-order valence-corrected chi connectivity index (χ0v) is 10.3. The van der Waals surface area contributed by atoms with Crippen LogP contribution in [0.25, 0.3) is 0 Å². The van der Waals surface area contributed by atoms with Gasteiger partial charge in [0.05, 0.1) is 12.2 Å². The number of furan rings is 1. The van der Waals surface area contributed by atoms with Gasteiger partial charge in [-0.3, -0.25) is 4.68 Å². The quantitative estimate of drug-likeness (QED) is 0.835.